The second-order valence-corrected chi connectivity index (χ2v) is 7.14. The SMILES string of the molecule is CCC(C)(C)C(=O)OC(C)(C(C)C)C(C)(C)C. The Morgan fingerprint density at radius 3 is 1.71 bits per heavy atom. The first-order chi connectivity index (χ1) is 7.38. The van der Waals surface area contributed by atoms with Crippen LogP contribution >= 0.6 is 0 Å². The number of carbonyl (C=O) groups excluding carboxylic acids is 1. The monoisotopic (exact) mass is 242 g/mol. The molecule has 17 heavy (non-hydrogen) atoms. The maximum Gasteiger partial charge on any atom is 0.312 e. The minimum Gasteiger partial charge on any atom is -0.458 e. The van der Waals surface area contributed by atoms with Crippen molar-refractivity contribution in [3.05, 3.63) is 0 Å². The lowest BCUT2D eigenvalue weighted by Gasteiger charge is -2.45. The van der Waals surface area contributed by atoms with Gasteiger partial charge in [0.2, 0.25) is 0 Å². The lowest BCUT2D eigenvalue weighted by Crippen LogP contribution is -2.50. The third kappa shape index (κ3) is 3.46. The van der Waals surface area contributed by atoms with Gasteiger partial charge in [0, 0.05) is 5.41 Å². The molecule has 0 aromatic rings. The zero-order valence-electron chi connectivity index (χ0n) is 13.1. The summed E-state index contributed by atoms with van der Waals surface area (Å²) >= 11 is 0. The molecule has 2 heteroatoms. The molecule has 0 aliphatic carbocycles. The fourth-order valence-corrected chi connectivity index (χ4v) is 1.61. The van der Waals surface area contributed by atoms with E-state index in [-0.39, 0.29) is 11.4 Å². The van der Waals surface area contributed by atoms with Gasteiger partial charge >= 0.3 is 5.97 Å². The summed E-state index contributed by atoms with van der Waals surface area (Å²) in [5.74, 6) is 0.199. The first-order valence-electron chi connectivity index (χ1n) is 6.62. The molecule has 0 aromatic carbocycles. The smallest absolute Gasteiger partial charge is 0.312 e. The van der Waals surface area contributed by atoms with E-state index in [1.165, 1.54) is 0 Å². The molecule has 0 spiro atoms. The Hall–Kier alpha value is -0.530. The molecule has 102 valence electrons. The lowest BCUT2D eigenvalue weighted by atomic mass is 9.71. The van der Waals surface area contributed by atoms with Crippen LogP contribution in [-0.4, -0.2) is 11.6 Å². The van der Waals surface area contributed by atoms with E-state index >= 15 is 0 Å². The zero-order valence-corrected chi connectivity index (χ0v) is 13.1. The summed E-state index contributed by atoms with van der Waals surface area (Å²) in [4.78, 5) is 12.2. The van der Waals surface area contributed by atoms with Crippen molar-refractivity contribution in [3.63, 3.8) is 0 Å². The Morgan fingerprint density at radius 1 is 1.06 bits per heavy atom. The number of hydrogen-bond donors (Lipinski definition) is 0. The highest BCUT2D eigenvalue weighted by Gasteiger charge is 2.45. The van der Waals surface area contributed by atoms with Crippen LogP contribution in [0.2, 0.25) is 0 Å². The van der Waals surface area contributed by atoms with Crippen molar-refractivity contribution in [3.8, 4) is 0 Å². The van der Waals surface area contributed by atoms with E-state index in [0.717, 1.165) is 6.42 Å². The molecule has 0 aliphatic heterocycles. The van der Waals surface area contributed by atoms with E-state index in [1.807, 2.05) is 27.7 Å². The van der Waals surface area contributed by atoms with E-state index in [0.29, 0.717) is 5.92 Å². The van der Waals surface area contributed by atoms with Crippen LogP contribution in [0.25, 0.3) is 0 Å². The van der Waals surface area contributed by atoms with Crippen LogP contribution < -0.4 is 0 Å². The summed E-state index contributed by atoms with van der Waals surface area (Å²) in [5, 5.41) is 0. The predicted octanol–water partition coefficient (Wildman–Crippen LogP) is 4.43. The summed E-state index contributed by atoms with van der Waals surface area (Å²) in [5.41, 5.74) is -0.904. The van der Waals surface area contributed by atoms with Crippen LogP contribution in [0.15, 0.2) is 0 Å². The molecular weight excluding hydrogens is 212 g/mol. The second-order valence-electron chi connectivity index (χ2n) is 7.14. The minimum absolute atomic E-state index is 0.0688. The molecule has 0 amide bonds. The van der Waals surface area contributed by atoms with Crippen molar-refractivity contribution in [2.45, 2.75) is 74.3 Å². The van der Waals surface area contributed by atoms with E-state index < -0.39 is 11.0 Å². The van der Waals surface area contributed by atoms with Crippen molar-refractivity contribution in [1.82, 2.24) is 0 Å². The molecule has 0 aromatic heterocycles. The van der Waals surface area contributed by atoms with Gasteiger partial charge in [-0.3, -0.25) is 4.79 Å². The molecule has 0 rings (SSSR count). The molecule has 0 N–H and O–H groups in total. The van der Waals surface area contributed by atoms with E-state index in [1.54, 1.807) is 0 Å². The minimum atomic E-state index is -0.434. The molecule has 0 fully saturated rings. The molecule has 1 atom stereocenters. The Morgan fingerprint density at radius 2 is 1.47 bits per heavy atom. The quantitative estimate of drug-likeness (QED) is 0.682. The van der Waals surface area contributed by atoms with Crippen LogP contribution in [-0.2, 0) is 9.53 Å². The van der Waals surface area contributed by atoms with Crippen LogP contribution in [0.3, 0.4) is 0 Å². The molecule has 0 heterocycles. The Balaban J connectivity index is 5.12. The standard InChI is InChI=1S/C15H30O2/c1-10-14(7,8)12(16)17-15(9,11(2)3)13(4,5)6/h11H,10H2,1-9H3. The normalized spacial score (nSPS) is 16.8. The van der Waals surface area contributed by atoms with Gasteiger partial charge in [0.15, 0.2) is 0 Å². The van der Waals surface area contributed by atoms with Crippen LogP contribution in [0.4, 0.5) is 0 Å². The van der Waals surface area contributed by atoms with Gasteiger partial charge in [0.1, 0.15) is 5.60 Å². The summed E-state index contributed by atoms with van der Waals surface area (Å²) in [7, 11) is 0. The maximum atomic E-state index is 12.2. The van der Waals surface area contributed by atoms with Gasteiger partial charge < -0.3 is 4.74 Å². The highest BCUT2D eigenvalue weighted by molar-refractivity contribution is 5.76. The molecule has 0 bridgehead atoms. The second kappa shape index (κ2) is 4.99. The molecule has 2 nitrogen and oxygen atoms in total. The van der Waals surface area contributed by atoms with Crippen LogP contribution in [0.5, 0.6) is 0 Å². The number of esters is 1. The summed E-state index contributed by atoms with van der Waals surface area (Å²) in [6.45, 7) is 18.5. The van der Waals surface area contributed by atoms with Gasteiger partial charge in [0.25, 0.3) is 0 Å². The van der Waals surface area contributed by atoms with Crippen molar-refractivity contribution in [2.24, 2.45) is 16.7 Å². The first kappa shape index (κ1) is 16.5. The van der Waals surface area contributed by atoms with Crippen LogP contribution in [0, 0.1) is 16.7 Å². The number of hydrogen-bond acceptors (Lipinski definition) is 2. The van der Waals surface area contributed by atoms with Crippen molar-refractivity contribution < 1.29 is 9.53 Å². The van der Waals surface area contributed by atoms with Crippen LogP contribution in [0.1, 0.15) is 68.7 Å². The third-order valence-corrected chi connectivity index (χ3v) is 4.33. The molecular formula is C15H30O2. The van der Waals surface area contributed by atoms with E-state index in [9.17, 15) is 4.79 Å². The van der Waals surface area contributed by atoms with Crippen molar-refractivity contribution in [1.29, 1.82) is 0 Å². The van der Waals surface area contributed by atoms with Crippen molar-refractivity contribution >= 4 is 5.97 Å². The predicted molar refractivity (Wildman–Crippen MR) is 72.9 cm³/mol. The third-order valence-electron chi connectivity index (χ3n) is 4.33. The summed E-state index contributed by atoms with van der Waals surface area (Å²) in [6, 6.07) is 0. The molecule has 0 aliphatic rings. The highest BCUT2D eigenvalue weighted by Crippen LogP contribution is 2.41. The molecule has 0 radical (unpaired) electrons. The van der Waals surface area contributed by atoms with Gasteiger partial charge in [-0.15, -0.1) is 0 Å². The average Bonchev–Trinajstić information content (AvgIpc) is 2.15. The largest absolute Gasteiger partial charge is 0.458 e. The topological polar surface area (TPSA) is 26.3 Å². The van der Waals surface area contributed by atoms with Gasteiger partial charge in [-0.25, -0.2) is 0 Å². The Bertz CT molecular complexity index is 271. The first-order valence-corrected chi connectivity index (χ1v) is 6.62. The molecule has 0 saturated carbocycles. The number of ether oxygens (including phenoxy) is 1. The summed E-state index contributed by atoms with van der Waals surface area (Å²) in [6.07, 6.45) is 0.796. The molecule has 0 saturated heterocycles. The zero-order chi connectivity index (χ0) is 14.1. The van der Waals surface area contributed by atoms with Gasteiger partial charge in [0.05, 0.1) is 5.41 Å². The molecule has 1 unspecified atom stereocenters. The van der Waals surface area contributed by atoms with Crippen molar-refractivity contribution in [2.75, 3.05) is 0 Å². The van der Waals surface area contributed by atoms with E-state index in [4.69, 9.17) is 4.74 Å². The number of rotatable bonds is 4. The Labute approximate surface area is 107 Å². The number of carbonyl (C=O) groups is 1. The fourth-order valence-electron chi connectivity index (χ4n) is 1.61. The van der Waals surface area contributed by atoms with Gasteiger partial charge in [-0.2, -0.15) is 0 Å². The maximum absolute atomic E-state index is 12.2. The highest BCUT2D eigenvalue weighted by atomic mass is 16.6. The lowest BCUT2D eigenvalue weighted by molar-refractivity contribution is -0.189. The van der Waals surface area contributed by atoms with Gasteiger partial charge in [-0.1, -0.05) is 41.5 Å². The van der Waals surface area contributed by atoms with Gasteiger partial charge in [-0.05, 0) is 33.1 Å². The van der Waals surface area contributed by atoms with E-state index in [2.05, 4.69) is 34.6 Å². The fraction of sp³-hybridized carbons (Fsp3) is 0.933. The summed E-state index contributed by atoms with van der Waals surface area (Å²) < 4.78 is 5.88. The average molecular weight is 242 g/mol. The Kier molecular flexibility index (Phi) is 4.84.